The molecule has 0 aliphatic carbocycles. The van der Waals surface area contributed by atoms with Crippen LogP contribution < -0.4 is 10.1 Å². The SMILES string of the molecule is CN[C@@H](CCSc1ccc(C)cc1)c1ccc(OC(=O)N(C)C)cc1. The Morgan fingerprint density at radius 2 is 1.76 bits per heavy atom. The summed E-state index contributed by atoms with van der Waals surface area (Å²) in [6.07, 6.45) is 0.652. The number of nitrogens with one attached hydrogen (secondary N) is 1. The lowest BCUT2D eigenvalue weighted by Gasteiger charge is -2.17. The molecule has 134 valence electrons. The van der Waals surface area contributed by atoms with Gasteiger partial charge in [-0.25, -0.2) is 4.79 Å². The summed E-state index contributed by atoms with van der Waals surface area (Å²) in [5.74, 6) is 1.60. The molecule has 2 aromatic rings. The average Bonchev–Trinajstić information content (AvgIpc) is 2.61. The van der Waals surface area contributed by atoms with Crippen molar-refractivity contribution in [3.05, 3.63) is 59.7 Å². The Balaban J connectivity index is 1.89. The highest BCUT2D eigenvalue weighted by molar-refractivity contribution is 7.99. The third-order valence-corrected chi connectivity index (χ3v) is 4.94. The first-order valence-electron chi connectivity index (χ1n) is 8.35. The van der Waals surface area contributed by atoms with Gasteiger partial charge < -0.3 is 15.0 Å². The van der Waals surface area contributed by atoms with Gasteiger partial charge in [0.15, 0.2) is 0 Å². The van der Waals surface area contributed by atoms with Crippen LogP contribution in [0.4, 0.5) is 4.79 Å². The fourth-order valence-electron chi connectivity index (χ4n) is 2.37. The van der Waals surface area contributed by atoms with Crippen LogP contribution in [0.3, 0.4) is 0 Å². The maximum absolute atomic E-state index is 11.6. The first-order chi connectivity index (χ1) is 12.0. The Morgan fingerprint density at radius 3 is 2.32 bits per heavy atom. The standard InChI is InChI=1S/C20H26N2O2S/c1-15-5-11-18(12-6-15)25-14-13-19(21-2)16-7-9-17(10-8-16)24-20(23)22(3)4/h5-12,19,21H,13-14H2,1-4H3/t19-/m0/s1. The van der Waals surface area contributed by atoms with Crippen molar-refractivity contribution in [1.82, 2.24) is 10.2 Å². The molecule has 1 atom stereocenters. The Bertz CT molecular complexity index is 669. The molecule has 0 fully saturated rings. The second kappa shape index (κ2) is 9.49. The summed E-state index contributed by atoms with van der Waals surface area (Å²) in [5, 5.41) is 3.36. The summed E-state index contributed by atoms with van der Waals surface area (Å²) in [7, 11) is 5.31. The van der Waals surface area contributed by atoms with E-state index in [1.54, 1.807) is 14.1 Å². The van der Waals surface area contributed by atoms with E-state index < -0.39 is 0 Å². The molecule has 0 saturated carbocycles. The van der Waals surface area contributed by atoms with Gasteiger partial charge in [-0.05, 0) is 56.0 Å². The maximum Gasteiger partial charge on any atom is 0.414 e. The zero-order valence-electron chi connectivity index (χ0n) is 15.3. The van der Waals surface area contributed by atoms with Crippen molar-refractivity contribution in [2.24, 2.45) is 0 Å². The largest absolute Gasteiger partial charge is 0.414 e. The third-order valence-electron chi connectivity index (χ3n) is 3.90. The molecule has 0 bridgehead atoms. The van der Waals surface area contributed by atoms with Crippen LogP contribution in [0.5, 0.6) is 5.75 Å². The minimum atomic E-state index is -0.368. The summed E-state index contributed by atoms with van der Waals surface area (Å²) < 4.78 is 5.26. The summed E-state index contributed by atoms with van der Waals surface area (Å²) in [5.41, 5.74) is 2.48. The molecule has 0 radical (unpaired) electrons. The summed E-state index contributed by atoms with van der Waals surface area (Å²) >= 11 is 1.87. The minimum Gasteiger partial charge on any atom is -0.410 e. The van der Waals surface area contributed by atoms with Crippen LogP contribution in [0.1, 0.15) is 23.6 Å². The number of ether oxygens (including phenoxy) is 1. The number of amides is 1. The van der Waals surface area contributed by atoms with Crippen LogP contribution >= 0.6 is 11.8 Å². The fraction of sp³-hybridized carbons (Fsp3) is 0.350. The molecule has 2 rings (SSSR count). The van der Waals surface area contributed by atoms with E-state index in [-0.39, 0.29) is 12.1 Å². The topological polar surface area (TPSA) is 41.6 Å². The van der Waals surface area contributed by atoms with Crippen LogP contribution in [0.25, 0.3) is 0 Å². The lowest BCUT2D eigenvalue weighted by Crippen LogP contribution is -2.25. The van der Waals surface area contributed by atoms with Crippen molar-refractivity contribution < 1.29 is 9.53 Å². The molecule has 0 spiro atoms. The number of carbonyl (C=O) groups is 1. The van der Waals surface area contributed by atoms with Gasteiger partial charge in [0.25, 0.3) is 0 Å². The highest BCUT2D eigenvalue weighted by atomic mass is 32.2. The number of hydrogen-bond donors (Lipinski definition) is 1. The zero-order valence-corrected chi connectivity index (χ0v) is 16.1. The lowest BCUT2D eigenvalue weighted by molar-refractivity contribution is 0.172. The zero-order chi connectivity index (χ0) is 18.2. The smallest absolute Gasteiger partial charge is 0.410 e. The maximum atomic E-state index is 11.6. The first-order valence-corrected chi connectivity index (χ1v) is 9.34. The van der Waals surface area contributed by atoms with Crippen LogP contribution in [0.15, 0.2) is 53.4 Å². The van der Waals surface area contributed by atoms with E-state index >= 15 is 0 Å². The Kier molecular flexibility index (Phi) is 7.34. The molecule has 0 aromatic heterocycles. The number of hydrogen-bond acceptors (Lipinski definition) is 4. The molecule has 4 nitrogen and oxygen atoms in total. The predicted octanol–water partition coefficient (Wildman–Crippen LogP) is 4.50. The van der Waals surface area contributed by atoms with E-state index in [1.165, 1.54) is 20.9 Å². The van der Waals surface area contributed by atoms with Gasteiger partial charge in [0, 0.05) is 25.0 Å². The van der Waals surface area contributed by atoms with Gasteiger partial charge in [-0.15, -0.1) is 11.8 Å². The van der Waals surface area contributed by atoms with Crippen LogP contribution in [-0.4, -0.2) is 37.9 Å². The van der Waals surface area contributed by atoms with E-state index in [9.17, 15) is 4.79 Å². The summed E-state index contributed by atoms with van der Waals surface area (Å²) in [6, 6.07) is 16.6. The summed E-state index contributed by atoms with van der Waals surface area (Å²) in [4.78, 5) is 14.3. The number of thioether (sulfide) groups is 1. The predicted molar refractivity (Wildman–Crippen MR) is 104 cm³/mol. The average molecular weight is 359 g/mol. The summed E-state index contributed by atoms with van der Waals surface area (Å²) in [6.45, 7) is 2.10. The second-order valence-electron chi connectivity index (χ2n) is 6.12. The molecule has 2 aromatic carbocycles. The lowest BCUT2D eigenvalue weighted by atomic mass is 10.0. The molecular weight excluding hydrogens is 332 g/mol. The van der Waals surface area contributed by atoms with E-state index in [0.29, 0.717) is 5.75 Å². The van der Waals surface area contributed by atoms with Gasteiger partial charge in [0.1, 0.15) is 5.75 Å². The van der Waals surface area contributed by atoms with Gasteiger partial charge in [-0.3, -0.25) is 0 Å². The molecule has 0 saturated heterocycles. The van der Waals surface area contributed by atoms with Crippen LogP contribution in [-0.2, 0) is 0 Å². The molecule has 0 unspecified atom stereocenters. The van der Waals surface area contributed by atoms with Gasteiger partial charge in [0.05, 0.1) is 0 Å². The Morgan fingerprint density at radius 1 is 1.12 bits per heavy atom. The molecule has 5 heteroatoms. The molecule has 0 aliphatic heterocycles. The highest BCUT2D eigenvalue weighted by Crippen LogP contribution is 2.25. The number of nitrogens with zero attached hydrogens (tertiary/aromatic N) is 1. The van der Waals surface area contributed by atoms with Crippen molar-refractivity contribution in [3.63, 3.8) is 0 Å². The van der Waals surface area contributed by atoms with Crippen LogP contribution in [0.2, 0.25) is 0 Å². The van der Waals surface area contributed by atoms with Crippen molar-refractivity contribution in [1.29, 1.82) is 0 Å². The minimum absolute atomic E-state index is 0.275. The number of carbonyl (C=O) groups excluding carboxylic acids is 1. The fourth-order valence-corrected chi connectivity index (χ4v) is 3.28. The highest BCUT2D eigenvalue weighted by Gasteiger charge is 2.11. The molecule has 1 N–H and O–H groups in total. The Hall–Kier alpha value is -1.98. The second-order valence-corrected chi connectivity index (χ2v) is 7.29. The van der Waals surface area contributed by atoms with Crippen LogP contribution in [0, 0.1) is 6.92 Å². The number of aryl methyl sites for hydroxylation is 1. The number of benzene rings is 2. The monoisotopic (exact) mass is 358 g/mol. The molecule has 0 heterocycles. The van der Waals surface area contributed by atoms with Crippen molar-refractivity contribution in [2.75, 3.05) is 26.9 Å². The van der Waals surface area contributed by atoms with Gasteiger partial charge >= 0.3 is 6.09 Å². The third kappa shape index (κ3) is 6.11. The van der Waals surface area contributed by atoms with E-state index in [4.69, 9.17) is 4.74 Å². The van der Waals surface area contributed by atoms with Crippen molar-refractivity contribution >= 4 is 17.9 Å². The van der Waals surface area contributed by atoms with E-state index in [0.717, 1.165) is 12.2 Å². The number of rotatable bonds is 7. The van der Waals surface area contributed by atoms with Gasteiger partial charge in [0.2, 0.25) is 0 Å². The van der Waals surface area contributed by atoms with E-state index in [1.807, 2.05) is 43.1 Å². The Labute approximate surface area is 154 Å². The quantitative estimate of drug-likeness (QED) is 0.740. The molecule has 1 amide bonds. The normalized spacial score (nSPS) is 11.8. The molecule has 25 heavy (non-hydrogen) atoms. The van der Waals surface area contributed by atoms with Crippen molar-refractivity contribution in [3.8, 4) is 5.75 Å². The molecular formula is C20H26N2O2S. The van der Waals surface area contributed by atoms with Gasteiger partial charge in [-0.1, -0.05) is 29.8 Å². The first kappa shape index (κ1) is 19.3. The van der Waals surface area contributed by atoms with E-state index in [2.05, 4.69) is 36.5 Å². The van der Waals surface area contributed by atoms with Gasteiger partial charge in [-0.2, -0.15) is 0 Å². The molecule has 0 aliphatic rings. The van der Waals surface area contributed by atoms with Crippen molar-refractivity contribution in [2.45, 2.75) is 24.3 Å².